The van der Waals surface area contributed by atoms with Gasteiger partial charge in [-0.25, -0.2) is 8.42 Å². The SMILES string of the molecule is CC1CCCC(C=O)(CN(C)CCS(C)(=O)=O)C1. The first kappa shape index (κ1) is 15.6. The van der Waals surface area contributed by atoms with E-state index in [9.17, 15) is 13.2 Å². The molecule has 0 aliphatic heterocycles. The quantitative estimate of drug-likeness (QED) is 0.687. The molecule has 4 nitrogen and oxygen atoms in total. The van der Waals surface area contributed by atoms with Crippen molar-refractivity contribution in [2.75, 3.05) is 32.1 Å². The Hall–Kier alpha value is -0.420. The number of carbonyl (C=O) groups excluding carboxylic acids is 1. The molecule has 0 saturated heterocycles. The topological polar surface area (TPSA) is 54.5 Å². The molecule has 1 fully saturated rings. The van der Waals surface area contributed by atoms with Crippen LogP contribution in [0.15, 0.2) is 0 Å². The molecule has 0 amide bonds. The Morgan fingerprint density at radius 1 is 1.44 bits per heavy atom. The van der Waals surface area contributed by atoms with Gasteiger partial charge in [-0.2, -0.15) is 0 Å². The zero-order chi connectivity index (χ0) is 13.8. The van der Waals surface area contributed by atoms with E-state index in [4.69, 9.17) is 0 Å². The van der Waals surface area contributed by atoms with Crippen molar-refractivity contribution in [2.45, 2.75) is 32.6 Å². The molecule has 1 aliphatic rings. The van der Waals surface area contributed by atoms with Crippen molar-refractivity contribution < 1.29 is 13.2 Å². The molecule has 0 aromatic rings. The van der Waals surface area contributed by atoms with E-state index in [1.165, 1.54) is 12.7 Å². The van der Waals surface area contributed by atoms with Crippen LogP contribution in [0.4, 0.5) is 0 Å². The molecule has 2 unspecified atom stereocenters. The predicted octanol–water partition coefficient (Wildman–Crippen LogP) is 1.36. The van der Waals surface area contributed by atoms with E-state index in [0.717, 1.165) is 25.5 Å². The molecule has 0 spiro atoms. The standard InChI is InChI=1S/C13H25NO3S/c1-12-5-4-6-13(9-12,11-15)10-14(2)7-8-18(3,16)17/h11-12H,4-10H2,1-3H3. The minimum Gasteiger partial charge on any atom is -0.304 e. The maximum atomic E-state index is 11.4. The van der Waals surface area contributed by atoms with Gasteiger partial charge >= 0.3 is 0 Å². The minimum absolute atomic E-state index is 0.161. The molecule has 5 heteroatoms. The molecular weight excluding hydrogens is 250 g/mol. The number of hydrogen-bond acceptors (Lipinski definition) is 4. The average molecular weight is 275 g/mol. The molecule has 0 aromatic heterocycles. The first-order valence-electron chi connectivity index (χ1n) is 6.59. The number of sulfone groups is 1. The van der Waals surface area contributed by atoms with Gasteiger partial charge in [0, 0.05) is 24.8 Å². The summed E-state index contributed by atoms with van der Waals surface area (Å²) in [5.74, 6) is 0.751. The summed E-state index contributed by atoms with van der Waals surface area (Å²) >= 11 is 0. The van der Waals surface area contributed by atoms with Crippen LogP contribution in [0.3, 0.4) is 0 Å². The highest BCUT2D eigenvalue weighted by atomic mass is 32.2. The molecule has 18 heavy (non-hydrogen) atoms. The van der Waals surface area contributed by atoms with Crippen LogP contribution in [0.1, 0.15) is 32.6 Å². The van der Waals surface area contributed by atoms with Gasteiger partial charge in [-0.05, 0) is 25.8 Å². The molecular formula is C13H25NO3S. The summed E-state index contributed by atoms with van der Waals surface area (Å²) < 4.78 is 22.3. The number of rotatable bonds is 6. The van der Waals surface area contributed by atoms with Gasteiger partial charge in [0.2, 0.25) is 0 Å². The van der Waals surface area contributed by atoms with Gasteiger partial charge in [0.25, 0.3) is 0 Å². The number of carbonyl (C=O) groups is 1. The van der Waals surface area contributed by atoms with Crippen molar-refractivity contribution in [1.29, 1.82) is 0 Å². The van der Waals surface area contributed by atoms with Crippen LogP contribution >= 0.6 is 0 Å². The number of aldehydes is 1. The van der Waals surface area contributed by atoms with Gasteiger partial charge < -0.3 is 9.69 Å². The molecule has 0 aromatic carbocycles. The lowest BCUT2D eigenvalue weighted by molar-refractivity contribution is -0.119. The van der Waals surface area contributed by atoms with E-state index >= 15 is 0 Å². The highest BCUT2D eigenvalue weighted by molar-refractivity contribution is 7.90. The maximum Gasteiger partial charge on any atom is 0.148 e. The van der Waals surface area contributed by atoms with E-state index in [-0.39, 0.29) is 11.2 Å². The van der Waals surface area contributed by atoms with Crippen molar-refractivity contribution in [3.63, 3.8) is 0 Å². The molecule has 1 rings (SSSR count). The van der Waals surface area contributed by atoms with Crippen LogP contribution in [-0.4, -0.2) is 51.7 Å². The molecule has 1 aliphatic carbocycles. The lowest BCUT2D eigenvalue weighted by Gasteiger charge is -2.38. The van der Waals surface area contributed by atoms with Gasteiger partial charge in [-0.1, -0.05) is 19.8 Å². The molecule has 0 radical (unpaired) electrons. The maximum absolute atomic E-state index is 11.4. The average Bonchev–Trinajstić information content (AvgIpc) is 2.25. The van der Waals surface area contributed by atoms with Crippen molar-refractivity contribution >= 4 is 16.1 Å². The highest BCUT2D eigenvalue weighted by Gasteiger charge is 2.35. The third kappa shape index (κ3) is 5.06. The Balaban J connectivity index is 2.54. The summed E-state index contributed by atoms with van der Waals surface area (Å²) in [6.07, 6.45) is 6.50. The normalized spacial score (nSPS) is 29.4. The Morgan fingerprint density at radius 3 is 2.61 bits per heavy atom. The zero-order valence-electron chi connectivity index (χ0n) is 11.7. The summed E-state index contributed by atoms with van der Waals surface area (Å²) in [6.45, 7) is 3.37. The second-order valence-corrected chi connectivity index (χ2v) is 8.31. The minimum atomic E-state index is -2.93. The Bertz CT molecular complexity index is 380. The van der Waals surface area contributed by atoms with Crippen LogP contribution in [0, 0.1) is 11.3 Å². The highest BCUT2D eigenvalue weighted by Crippen LogP contribution is 2.38. The third-order valence-corrected chi connectivity index (χ3v) is 4.73. The van der Waals surface area contributed by atoms with E-state index < -0.39 is 9.84 Å². The van der Waals surface area contributed by atoms with Crippen molar-refractivity contribution in [3.05, 3.63) is 0 Å². The van der Waals surface area contributed by atoms with E-state index in [1.807, 2.05) is 11.9 Å². The molecule has 1 saturated carbocycles. The molecule has 106 valence electrons. The van der Waals surface area contributed by atoms with Crippen molar-refractivity contribution in [1.82, 2.24) is 4.90 Å². The number of nitrogens with zero attached hydrogens (tertiary/aromatic N) is 1. The lowest BCUT2D eigenvalue weighted by atomic mass is 9.71. The second-order valence-electron chi connectivity index (χ2n) is 6.05. The van der Waals surface area contributed by atoms with E-state index in [1.54, 1.807) is 0 Å². The molecule has 2 atom stereocenters. The van der Waals surface area contributed by atoms with E-state index in [0.29, 0.717) is 19.0 Å². The fourth-order valence-corrected chi connectivity index (χ4v) is 3.57. The van der Waals surface area contributed by atoms with Gasteiger partial charge in [0.05, 0.1) is 5.75 Å². The third-order valence-electron chi connectivity index (χ3n) is 3.81. The summed E-state index contributed by atoms with van der Waals surface area (Å²) in [4.78, 5) is 13.4. The van der Waals surface area contributed by atoms with Gasteiger partial charge in [-0.15, -0.1) is 0 Å². The molecule has 0 N–H and O–H groups in total. The summed E-state index contributed by atoms with van der Waals surface area (Å²) in [5, 5.41) is 0. The summed E-state index contributed by atoms with van der Waals surface area (Å²) in [5.41, 5.74) is -0.260. The van der Waals surface area contributed by atoms with Crippen molar-refractivity contribution in [2.24, 2.45) is 11.3 Å². The van der Waals surface area contributed by atoms with Crippen LogP contribution < -0.4 is 0 Å². The summed E-state index contributed by atoms with van der Waals surface area (Å²) in [7, 11) is -1.03. The Morgan fingerprint density at radius 2 is 2.11 bits per heavy atom. The number of hydrogen-bond donors (Lipinski definition) is 0. The second kappa shape index (κ2) is 6.15. The van der Waals surface area contributed by atoms with Crippen LogP contribution in [-0.2, 0) is 14.6 Å². The first-order valence-corrected chi connectivity index (χ1v) is 8.65. The monoisotopic (exact) mass is 275 g/mol. The fourth-order valence-electron chi connectivity index (χ4n) is 2.93. The first-order chi connectivity index (χ1) is 8.26. The Kier molecular flexibility index (Phi) is 5.34. The lowest BCUT2D eigenvalue weighted by Crippen LogP contribution is -2.41. The van der Waals surface area contributed by atoms with Gasteiger partial charge in [0.15, 0.2) is 0 Å². The van der Waals surface area contributed by atoms with Crippen LogP contribution in [0.5, 0.6) is 0 Å². The smallest absolute Gasteiger partial charge is 0.148 e. The van der Waals surface area contributed by atoms with Gasteiger partial charge in [0.1, 0.15) is 16.1 Å². The molecule has 0 heterocycles. The van der Waals surface area contributed by atoms with Gasteiger partial charge in [-0.3, -0.25) is 0 Å². The zero-order valence-corrected chi connectivity index (χ0v) is 12.5. The van der Waals surface area contributed by atoms with E-state index in [2.05, 4.69) is 6.92 Å². The molecule has 0 bridgehead atoms. The van der Waals surface area contributed by atoms with Crippen LogP contribution in [0.25, 0.3) is 0 Å². The van der Waals surface area contributed by atoms with Crippen LogP contribution in [0.2, 0.25) is 0 Å². The predicted molar refractivity (Wildman–Crippen MR) is 73.3 cm³/mol. The Labute approximate surface area is 111 Å². The fraction of sp³-hybridized carbons (Fsp3) is 0.923. The summed E-state index contributed by atoms with van der Waals surface area (Å²) in [6, 6.07) is 0. The van der Waals surface area contributed by atoms with Crippen molar-refractivity contribution in [3.8, 4) is 0 Å². The largest absolute Gasteiger partial charge is 0.304 e.